The Morgan fingerprint density at radius 2 is 2.27 bits per heavy atom. The monoisotopic (exact) mass is 325 g/mol. The molecule has 1 N–H and O–H groups in total. The maximum atomic E-state index is 11.0. The van der Waals surface area contributed by atoms with E-state index in [0.717, 1.165) is 56.3 Å². The van der Waals surface area contributed by atoms with E-state index in [-0.39, 0.29) is 12.0 Å². The highest BCUT2D eigenvalue weighted by Gasteiger charge is 2.20. The number of nitrogens with zero attached hydrogens (tertiary/aromatic N) is 2. The number of aromatic nitrogens is 1. The van der Waals surface area contributed by atoms with Crippen LogP contribution in [0.1, 0.15) is 50.4 Å². The average molecular weight is 325 g/mol. The summed E-state index contributed by atoms with van der Waals surface area (Å²) in [5.74, 6) is 0.685. The fourth-order valence-electron chi connectivity index (χ4n) is 2.77. The van der Waals surface area contributed by atoms with Crippen molar-refractivity contribution in [3.63, 3.8) is 0 Å². The molecule has 1 unspecified atom stereocenters. The summed E-state index contributed by atoms with van der Waals surface area (Å²) in [5, 5.41) is 6.14. The van der Waals surface area contributed by atoms with Crippen molar-refractivity contribution in [3.8, 4) is 0 Å². The number of hydrogen-bond acceptors (Lipinski definition) is 5. The first kappa shape index (κ1) is 17.4. The van der Waals surface area contributed by atoms with Gasteiger partial charge in [0.05, 0.1) is 5.69 Å². The Morgan fingerprint density at radius 3 is 2.91 bits per heavy atom. The second-order valence-corrected chi connectivity index (χ2v) is 6.82. The number of likely N-dealkylation sites (tertiary alicyclic amines) is 1. The van der Waals surface area contributed by atoms with E-state index in [1.54, 1.807) is 18.3 Å². The smallest absolute Gasteiger partial charge is 0.216 e. The van der Waals surface area contributed by atoms with E-state index < -0.39 is 0 Å². The van der Waals surface area contributed by atoms with E-state index in [1.165, 1.54) is 0 Å². The topological polar surface area (TPSA) is 54.5 Å². The normalized spacial score (nSPS) is 18.3. The minimum Gasteiger partial charge on any atom is -0.372 e. The van der Waals surface area contributed by atoms with Crippen LogP contribution >= 0.6 is 11.3 Å². The van der Waals surface area contributed by atoms with Crippen LogP contribution in [0.15, 0.2) is 5.38 Å². The van der Waals surface area contributed by atoms with E-state index >= 15 is 0 Å². The third kappa shape index (κ3) is 5.34. The molecule has 124 valence electrons. The number of rotatable bonds is 7. The van der Waals surface area contributed by atoms with Crippen LogP contribution < -0.4 is 5.32 Å². The Balaban J connectivity index is 1.75. The molecule has 0 spiro atoms. The molecule has 1 aliphatic rings. The second-order valence-electron chi connectivity index (χ2n) is 5.93. The Morgan fingerprint density at radius 1 is 1.55 bits per heavy atom. The molecule has 0 radical (unpaired) electrons. The summed E-state index contributed by atoms with van der Waals surface area (Å²) in [6, 6.07) is 0. The Kier molecular flexibility index (Phi) is 6.79. The molecule has 6 heteroatoms. The van der Waals surface area contributed by atoms with Gasteiger partial charge in [0.25, 0.3) is 0 Å². The molecule has 1 aromatic rings. The van der Waals surface area contributed by atoms with Gasteiger partial charge in [-0.2, -0.15) is 0 Å². The van der Waals surface area contributed by atoms with Crippen molar-refractivity contribution in [1.29, 1.82) is 0 Å². The number of hydrogen-bond donors (Lipinski definition) is 1. The van der Waals surface area contributed by atoms with Crippen LogP contribution in [0.3, 0.4) is 0 Å². The standard InChI is InChI=1S/C16H27N3O2S/c1-4-21-12(2)16-18-15(11-22-16)10-19-7-5-14(6-8-19)9-17-13(3)20/h11-12,14H,4-10H2,1-3H3,(H,17,20). The number of thiazole rings is 1. The van der Waals surface area contributed by atoms with E-state index in [2.05, 4.69) is 22.5 Å². The third-order valence-corrected chi connectivity index (χ3v) is 5.12. The highest BCUT2D eigenvalue weighted by molar-refractivity contribution is 7.09. The molecule has 0 aliphatic carbocycles. The summed E-state index contributed by atoms with van der Waals surface area (Å²) in [6.45, 7) is 10.3. The van der Waals surface area contributed by atoms with Crippen molar-refractivity contribution in [2.24, 2.45) is 5.92 Å². The highest BCUT2D eigenvalue weighted by Crippen LogP contribution is 2.23. The molecular weight excluding hydrogens is 298 g/mol. The second kappa shape index (κ2) is 8.60. The first-order valence-corrected chi connectivity index (χ1v) is 8.99. The molecule has 1 aliphatic heterocycles. The number of amides is 1. The lowest BCUT2D eigenvalue weighted by molar-refractivity contribution is -0.119. The molecule has 1 aromatic heterocycles. The zero-order chi connectivity index (χ0) is 15.9. The van der Waals surface area contributed by atoms with Crippen molar-refractivity contribution in [2.45, 2.75) is 46.3 Å². The van der Waals surface area contributed by atoms with Gasteiger partial charge in [0, 0.05) is 32.0 Å². The molecule has 22 heavy (non-hydrogen) atoms. The highest BCUT2D eigenvalue weighted by atomic mass is 32.1. The van der Waals surface area contributed by atoms with E-state index in [9.17, 15) is 4.79 Å². The van der Waals surface area contributed by atoms with Crippen molar-refractivity contribution in [2.75, 3.05) is 26.2 Å². The van der Waals surface area contributed by atoms with Gasteiger partial charge in [0.1, 0.15) is 11.1 Å². The molecule has 2 rings (SSSR count). The quantitative estimate of drug-likeness (QED) is 0.837. The summed E-state index contributed by atoms with van der Waals surface area (Å²) < 4.78 is 5.59. The summed E-state index contributed by atoms with van der Waals surface area (Å²) in [5.41, 5.74) is 1.15. The van der Waals surface area contributed by atoms with Gasteiger partial charge in [-0.3, -0.25) is 9.69 Å². The van der Waals surface area contributed by atoms with Gasteiger partial charge in [-0.15, -0.1) is 11.3 Å². The fraction of sp³-hybridized carbons (Fsp3) is 0.750. The van der Waals surface area contributed by atoms with Crippen LogP contribution in [0.4, 0.5) is 0 Å². The van der Waals surface area contributed by atoms with Crippen molar-refractivity contribution in [1.82, 2.24) is 15.2 Å². The summed E-state index contributed by atoms with van der Waals surface area (Å²) in [6.07, 6.45) is 2.38. The van der Waals surface area contributed by atoms with Gasteiger partial charge in [0.2, 0.25) is 5.91 Å². The van der Waals surface area contributed by atoms with Gasteiger partial charge in [0.15, 0.2) is 0 Å². The average Bonchev–Trinajstić information content (AvgIpc) is 2.95. The predicted molar refractivity (Wildman–Crippen MR) is 88.8 cm³/mol. The Labute approximate surface area is 137 Å². The molecule has 5 nitrogen and oxygen atoms in total. The molecule has 2 heterocycles. The van der Waals surface area contributed by atoms with Crippen molar-refractivity contribution >= 4 is 17.2 Å². The maximum Gasteiger partial charge on any atom is 0.216 e. The number of ether oxygens (including phenoxy) is 1. The lowest BCUT2D eigenvalue weighted by atomic mass is 9.97. The molecule has 0 aromatic carbocycles. The van der Waals surface area contributed by atoms with Gasteiger partial charge >= 0.3 is 0 Å². The zero-order valence-electron chi connectivity index (χ0n) is 13.8. The summed E-state index contributed by atoms with van der Waals surface area (Å²) in [4.78, 5) is 18.1. The maximum absolute atomic E-state index is 11.0. The first-order chi connectivity index (χ1) is 10.6. The van der Waals surface area contributed by atoms with Crippen LogP contribution in [0.2, 0.25) is 0 Å². The largest absolute Gasteiger partial charge is 0.372 e. The lowest BCUT2D eigenvalue weighted by Crippen LogP contribution is -2.37. The molecule has 1 saturated heterocycles. The Hall–Kier alpha value is -0.980. The third-order valence-electron chi connectivity index (χ3n) is 4.07. The first-order valence-electron chi connectivity index (χ1n) is 8.11. The number of piperidine rings is 1. The molecule has 1 atom stereocenters. The zero-order valence-corrected chi connectivity index (χ0v) is 14.6. The van der Waals surface area contributed by atoms with E-state index in [1.807, 2.05) is 6.92 Å². The predicted octanol–water partition coefficient (Wildman–Crippen LogP) is 2.59. The van der Waals surface area contributed by atoms with Crippen LogP contribution in [0.5, 0.6) is 0 Å². The fourth-order valence-corrected chi connectivity index (χ4v) is 3.58. The molecule has 0 saturated carbocycles. The van der Waals surface area contributed by atoms with E-state index in [4.69, 9.17) is 9.72 Å². The van der Waals surface area contributed by atoms with Crippen LogP contribution in [0.25, 0.3) is 0 Å². The molecule has 0 bridgehead atoms. The minimum absolute atomic E-state index is 0.0702. The van der Waals surface area contributed by atoms with Crippen LogP contribution in [0, 0.1) is 5.92 Å². The summed E-state index contributed by atoms with van der Waals surface area (Å²) >= 11 is 1.69. The van der Waals surface area contributed by atoms with Crippen molar-refractivity contribution in [3.05, 3.63) is 16.1 Å². The lowest BCUT2D eigenvalue weighted by Gasteiger charge is -2.31. The van der Waals surface area contributed by atoms with Gasteiger partial charge in [-0.1, -0.05) is 0 Å². The number of nitrogens with one attached hydrogen (secondary N) is 1. The molecule has 1 amide bonds. The van der Waals surface area contributed by atoms with Crippen LogP contribution in [-0.4, -0.2) is 42.0 Å². The molecule has 1 fully saturated rings. The van der Waals surface area contributed by atoms with Gasteiger partial charge in [-0.05, 0) is 45.7 Å². The van der Waals surface area contributed by atoms with Crippen LogP contribution in [-0.2, 0) is 16.1 Å². The Bertz CT molecular complexity index is 470. The van der Waals surface area contributed by atoms with Gasteiger partial charge in [-0.25, -0.2) is 4.98 Å². The number of carbonyl (C=O) groups is 1. The summed E-state index contributed by atoms with van der Waals surface area (Å²) in [7, 11) is 0. The van der Waals surface area contributed by atoms with E-state index in [0.29, 0.717) is 5.92 Å². The van der Waals surface area contributed by atoms with Gasteiger partial charge < -0.3 is 10.1 Å². The minimum atomic E-state index is 0.0702. The number of carbonyl (C=O) groups excluding carboxylic acids is 1. The van der Waals surface area contributed by atoms with Crippen molar-refractivity contribution < 1.29 is 9.53 Å². The molecular formula is C16H27N3O2S. The SMILES string of the molecule is CCOC(C)c1nc(CN2CCC(CNC(C)=O)CC2)cs1.